The van der Waals surface area contributed by atoms with E-state index in [0.717, 1.165) is 42.4 Å². The number of rotatable bonds is 5. The third-order valence-corrected chi connectivity index (χ3v) is 4.44. The number of ether oxygens (including phenoxy) is 1. The van der Waals surface area contributed by atoms with Crippen molar-refractivity contribution in [2.45, 2.75) is 13.3 Å². The highest BCUT2D eigenvalue weighted by Crippen LogP contribution is 2.22. The van der Waals surface area contributed by atoms with Crippen LogP contribution in [0.15, 0.2) is 42.6 Å². The van der Waals surface area contributed by atoms with Crippen LogP contribution >= 0.6 is 0 Å². The maximum absolute atomic E-state index is 5.38. The predicted octanol–water partition coefficient (Wildman–Crippen LogP) is 3.01. The Morgan fingerprint density at radius 3 is 2.69 bits per heavy atom. The third kappa shape index (κ3) is 3.67. The Bertz CT molecular complexity index is 854. The highest BCUT2D eigenvalue weighted by molar-refractivity contribution is 5.65. The van der Waals surface area contributed by atoms with Crippen molar-refractivity contribution in [3.63, 3.8) is 0 Å². The van der Waals surface area contributed by atoms with Crippen LogP contribution in [0.4, 0.5) is 17.6 Å². The molecule has 134 valence electrons. The second-order valence-electron chi connectivity index (χ2n) is 6.18. The first-order valence-corrected chi connectivity index (χ1v) is 8.89. The Kier molecular flexibility index (Phi) is 4.79. The van der Waals surface area contributed by atoms with Gasteiger partial charge in [-0.2, -0.15) is 10.1 Å². The maximum atomic E-state index is 5.38. The molecule has 0 spiro atoms. The van der Waals surface area contributed by atoms with Gasteiger partial charge in [0.15, 0.2) is 5.82 Å². The third-order valence-electron chi connectivity index (χ3n) is 4.44. The Morgan fingerprint density at radius 1 is 1.12 bits per heavy atom. The van der Waals surface area contributed by atoms with Crippen LogP contribution in [0.1, 0.15) is 12.5 Å². The summed E-state index contributed by atoms with van der Waals surface area (Å²) in [5.41, 5.74) is 3.40. The van der Waals surface area contributed by atoms with Crippen LogP contribution in [0.5, 0.6) is 0 Å². The molecule has 2 aromatic heterocycles. The molecule has 1 saturated heterocycles. The van der Waals surface area contributed by atoms with Crippen LogP contribution in [0.3, 0.4) is 0 Å². The lowest BCUT2D eigenvalue weighted by atomic mass is 10.1. The molecule has 7 heteroatoms. The summed E-state index contributed by atoms with van der Waals surface area (Å²) in [5, 5.41) is 10.7. The molecule has 0 saturated carbocycles. The van der Waals surface area contributed by atoms with Gasteiger partial charge in [-0.05, 0) is 23.6 Å². The highest BCUT2D eigenvalue weighted by atomic mass is 16.5. The van der Waals surface area contributed by atoms with Gasteiger partial charge in [0.2, 0.25) is 5.95 Å². The van der Waals surface area contributed by atoms with E-state index in [2.05, 4.69) is 61.6 Å². The van der Waals surface area contributed by atoms with Crippen LogP contribution in [0.2, 0.25) is 0 Å². The zero-order valence-electron chi connectivity index (χ0n) is 14.8. The Morgan fingerprint density at radius 2 is 1.92 bits per heavy atom. The van der Waals surface area contributed by atoms with Crippen molar-refractivity contribution < 1.29 is 4.74 Å². The molecule has 1 fully saturated rings. The molecular formula is C19H22N6O. The average Bonchev–Trinajstić information content (AvgIpc) is 3.17. The van der Waals surface area contributed by atoms with Crippen molar-refractivity contribution in [3.05, 3.63) is 48.2 Å². The van der Waals surface area contributed by atoms with Crippen molar-refractivity contribution >= 4 is 17.6 Å². The zero-order valence-corrected chi connectivity index (χ0v) is 14.8. The van der Waals surface area contributed by atoms with Gasteiger partial charge in [-0.1, -0.05) is 31.2 Å². The van der Waals surface area contributed by atoms with Gasteiger partial charge in [-0.15, -0.1) is 0 Å². The highest BCUT2D eigenvalue weighted by Gasteiger charge is 2.14. The molecule has 0 radical (unpaired) electrons. The summed E-state index contributed by atoms with van der Waals surface area (Å²) in [6.07, 6.45) is 2.80. The number of hydrogen-bond donors (Lipinski definition) is 2. The Hall–Kier alpha value is -2.93. The second-order valence-corrected chi connectivity index (χ2v) is 6.18. The smallest absolute Gasteiger partial charge is 0.227 e. The van der Waals surface area contributed by atoms with Gasteiger partial charge in [-0.25, -0.2) is 4.98 Å². The van der Waals surface area contributed by atoms with E-state index in [1.807, 2.05) is 12.1 Å². The molecule has 3 aromatic rings. The number of hydrogen-bond acceptors (Lipinski definition) is 6. The van der Waals surface area contributed by atoms with E-state index in [4.69, 9.17) is 4.74 Å². The van der Waals surface area contributed by atoms with E-state index in [-0.39, 0.29) is 0 Å². The minimum absolute atomic E-state index is 0.709. The molecule has 4 rings (SSSR count). The fourth-order valence-electron chi connectivity index (χ4n) is 2.92. The predicted molar refractivity (Wildman–Crippen MR) is 102 cm³/mol. The van der Waals surface area contributed by atoms with Crippen LogP contribution in [-0.4, -0.2) is 46.5 Å². The molecule has 0 atom stereocenters. The lowest BCUT2D eigenvalue weighted by molar-refractivity contribution is 0.122. The number of aryl methyl sites for hydroxylation is 1. The molecule has 26 heavy (non-hydrogen) atoms. The molecule has 2 N–H and O–H groups in total. The van der Waals surface area contributed by atoms with Crippen LogP contribution in [0.25, 0.3) is 11.3 Å². The second kappa shape index (κ2) is 7.53. The summed E-state index contributed by atoms with van der Waals surface area (Å²) in [5.74, 6) is 2.16. The van der Waals surface area contributed by atoms with Gasteiger partial charge in [-0.3, -0.25) is 5.10 Å². The maximum Gasteiger partial charge on any atom is 0.227 e. The zero-order chi connectivity index (χ0) is 17.8. The van der Waals surface area contributed by atoms with Gasteiger partial charge in [0.25, 0.3) is 0 Å². The SMILES string of the molecule is CCc1ccc(-c2cc(Nc3ccnc(N4CCOCC4)n3)n[nH]2)cc1. The van der Waals surface area contributed by atoms with Crippen LogP contribution < -0.4 is 10.2 Å². The Balaban J connectivity index is 1.48. The summed E-state index contributed by atoms with van der Waals surface area (Å²) < 4.78 is 5.38. The van der Waals surface area contributed by atoms with E-state index < -0.39 is 0 Å². The number of anilines is 3. The standard InChI is InChI=1S/C19H22N6O/c1-2-14-3-5-15(6-4-14)16-13-18(24-23-16)21-17-7-8-20-19(22-17)25-9-11-26-12-10-25/h3-8,13H,2,9-12H2,1H3,(H2,20,21,22,23,24). The molecule has 0 aliphatic carbocycles. The minimum atomic E-state index is 0.709. The van der Waals surface area contributed by atoms with E-state index in [0.29, 0.717) is 19.2 Å². The van der Waals surface area contributed by atoms with Gasteiger partial charge in [0.05, 0.1) is 18.9 Å². The van der Waals surface area contributed by atoms with Crippen molar-refractivity contribution in [3.8, 4) is 11.3 Å². The first-order valence-electron chi connectivity index (χ1n) is 8.89. The van der Waals surface area contributed by atoms with E-state index in [1.54, 1.807) is 6.20 Å². The molecule has 0 bridgehead atoms. The normalized spacial score (nSPS) is 14.4. The van der Waals surface area contributed by atoms with E-state index >= 15 is 0 Å². The largest absolute Gasteiger partial charge is 0.378 e. The molecule has 1 aromatic carbocycles. The molecule has 3 heterocycles. The summed E-state index contributed by atoms with van der Waals surface area (Å²) in [6.45, 7) is 5.19. The first-order chi connectivity index (χ1) is 12.8. The number of nitrogens with zero attached hydrogens (tertiary/aromatic N) is 4. The van der Waals surface area contributed by atoms with Crippen LogP contribution in [-0.2, 0) is 11.2 Å². The average molecular weight is 350 g/mol. The van der Waals surface area contributed by atoms with Gasteiger partial charge < -0.3 is 15.0 Å². The van der Waals surface area contributed by atoms with Crippen molar-refractivity contribution in [2.75, 3.05) is 36.5 Å². The minimum Gasteiger partial charge on any atom is -0.378 e. The number of aromatic amines is 1. The monoisotopic (exact) mass is 350 g/mol. The molecule has 1 aliphatic heterocycles. The fraction of sp³-hybridized carbons (Fsp3) is 0.316. The van der Waals surface area contributed by atoms with E-state index in [1.165, 1.54) is 5.56 Å². The first kappa shape index (κ1) is 16.5. The summed E-state index contributed by atoms with van der Waals surface area (Å²) in [6, 6.07) is 12.3. The molecule has 0 unspecified atom stereocenters. The fourth-order valence-corrected chi connectivity index (χ4v) is 2.92. The van der Waals surface area contributed by atoms with Crippen LogP contribution in [0, 0.1) is 0 Å². The molecular weight excluding hydrogens is 328 g/mol. The number of benzene rings is 1. The van der Waals surface area contributed by atoms with Gasteiger partial charge in [0, 0.05) is 25.4 Å². The number of H-pyrrole nitrogens is 1. The topological polar surface area (TPSA) is 79.0 Å². The molecule has 0 amide bonds. The van der Waals surface area contributed by atoms with Crippen molar-refractivity contribution in [1.82, 2.24) is 20.2 Å². The number of nitrogens with one attached hydrogen (secondary N) is 2. The number of morpholine rings is 1. The lowest BCUT2D eigenvalue weighted by Crippen LogP contribution is -2.37. The number of aromatic nitrogens is 4. The summed E-state index contributed by atoms with van der Waals surface area (Å²) in [7, 11) is 0. The Labute approximate surface area is 152 Å². The van der Waals surface area contributed by atoms with Gasteiger partial charge >= 0.3 is 0 Å². The summed E-state index contributed by atoms with van der Waals surface area (Å²) >= 11 is 0. The molecule has 1 aliphatic rings. The quantitative estimate of drug-likeness (QED) is 0.736. The van der Waals surface area contributed by atoms with Crippen molar-refractivity contribution in [2.24, 2.45) is 0 Å². The lowest BCUT2D eigenvalue weighted by Gasteiger charge is -2.26. The molecule has 7 nitrogen and oxygen atoms in total. The van der Waals surface area contributed by atoms with E-state index in [9.17, 15) is 0 Å². The summed E-state index contributed by atoms with van der Waals surface area (Å²) in [4.78, 5) is 11.1. The van der Waals surface area contributed by atoms with Gasteiger partial charge in [0.1, 0.15) is 5.82 Å². The van der Waals surface area contributed by atoms with Crippen molar-refractivity contribution in [1.29, 1.82) is 0 Å².